The van der Waals surface area contributed by atoms with E-state index >= 15 is 0 Å². The van der Waals surface area contributed by atoms with E-state index in [1.54, 1.807) is 14.2 Å². The zero-order valence-electron chi connectivity index (χ0n) is 19.5. The molecule has 0 radical (unpaired) electrons. The van der Waals surface area contributed by atoms with Crippen molar-refractivity contribution in [3.63, 3.8) is 0 Å². The topological polar surface area (TPSA) is 60.5 Å². The lowest BCUT2D eigenvalue weighted by atomic mass is 9.91. The maximum Gasteiger partial charge on any atom is 0.320 e. The Morgan fingerprint density at radius 3 is 2.61 bits per heavy atom. The zero-order valence-corrected chi connectivity index (χ0v) is 19.5. The van der Waals surface area contributed by atoms with Crippen molar-refractivity contribution in [2.75, 3.05) is 54.6 Å². The zero-order chi connectivity index (χ0) is 22.2. The van der Waals surface area contributed by atoms with Gasteiger partial charge in [0.1, 0.15) is 6.10 Å². The molecule has 7 nitrogen and oxygen atoms in total. The Morgan fingerprint density at radius 1 is 1.10 bits per heavy atom. The maximum absolute atomic E-state index is 12.0. The van der Waals surface area contributed by atoms with Gasteiger partial charge in [-0.2, -0.15) is 0 Å². The number of hydrogen-bond acceptors (Lipinski definition) is 7. The Hall–Kier alpha value is -1.83. The van der Waals surface area contributed by atoms with Gasteiger partial charge in [0, 0.05) is 19.1 Å². The molecule has 31 heavy (non-hydrogen) atoms. The van der Waals surface area contributed by atoms with Gasteiger partial charge in [-0.3, -0.25) is 14.6 Å². The van der Waals surface area contributed by atoms with E-state index in [2.05, 4.69) is 11.0 Å². The molecule has 3 rings (SSSR count). The third kappa shape index (κ3) is 6.82. The number of carbonyl (C=O) groups is 1. The first kappa shape index (κ1) is 23.8. The fraction of sp³-hybridized carbons (Fsp3) is 0.708. The van der Waals surface area contributed by atoms with Gasteiger partial charge in [0.2, 0.25) is 0 Å². The molecule has 0 N–H and O–H groups in total. The largest absolute Gasteiger partial charge is 0.493 e. The summed E-state index contributed by atoms with van der Waals surface area (Å²) in [6.45, 7) is 2.81. The standard InChI is InChI=1S/C24H38N2O5/c1-25(2)17-24(27)31-19-11-13-26(16-19)20-7-5-6-8-21(20)30-14-12-18-9-10-22(28-3)23(15-18)29-4/h9-10,15,19-21H,5-8,11-14,16-17H2,1-4H3/t19?,20-,21+/m1/s1. The van der Waals surface area contributed by atoms with Gasteiger partial charge >= 0.3 is 5.97 Å². The molecule has 0 aromatic heterocycles. The van der Waals surface area contributed by atoms with E-state index in [4.69, 9.17) is 18.9 Å². The van der Waals surface area contributed by atoms with Crippen LogP contribution in [0.25, 0.3) is 0 Å². The van der Waals surface area contributed by atoms with Crippen LogP contribution < -0.4 is 9.47 Å². The van der Waals surface area contributed by atoms with Crippen LogP contribution in [0.2, 0.25) is 0 Å². The van der Waals surface area contributed by atoms with Crippen LogP contribution in [0, 0.1) is 0 Å². The number of carbonyl (C=O) groups excluding carboxylic acids is 1. The average Bonchev–Trinajstić information content (AvgIpc) is 3.21. The van der Waals surface area contributed by atoms with Crippen molar-refractivity contribution >= 4 is 5.97 Å². The van der Waals surface area contributed by atoms with E-state index in [1.807, 2.05) is 31.1 Å². The van der Waals surface area contributed by atoms with Crippen LogP contribution in [0.4, 0.5) is 0 Å². The molecule has 1 aliphatic heterocycles. The van der Waals surface area contributed by atoms with Gasteiger partial charge in [-0.05, 0) is 57.5 Å². The summed E-state index contributed by atoms with van der Waals surface area (Å²) < 4.78 is 22.8. The lowest BCUT2D eigenvalue weighted by molar-refractivity contribution is -0.149. The molecule has 1 aliphatic carbocycles. The molecule has 1 saturated carbocycles. The van der Waals surface area contributed by atoms with Gasteiger partial charge in [-0.25, -0.2) is 0 Å². The monoisotopic (exact) mass is 434 g/mol. The molecule has 1 unspecified atom stereocenters. The fourth-order valence-corrected chi connectivity index (χ4v) is 4.69. The van der Waals surface area contributed by atoms with E-state index in [0.29, 0.717) is 19.2 Å². The van der Waals surface area contributed by atoms with Gasteiger partial charge in [-0.15, -0.1) is 0 Å². The molecule has 7 heteroatoms. The smallest absolute Gasteiger partial charge is 0.320 e. The predicted molar refractivity (Wildman–Crippen MR) is 120 cm³/mol. The number of esters is 1. The second kappa shape index (κ2) is 11.7. The van der Waals surface area contributed by atoms with E-state index in [0.717, 1.165) is 50.3 Å². The first-order chi connectivity index (χ1) is 15.0. The summed E-state index contributed by atoms with van der Waals surface area (Å²) in [7, 11) is 7.07. The molecular weight excluding hydrogens is 396 g/mol. The predicted octanol–water partition coefficient (Wildman–Crippen LogP) is 2.75. The van der Waals surface area contributed by atoms with Gasteiger partial charge < -0.3 is 18.9 Å². The van der Waals surface area contributed by atoms with Crippen molar-refractivity contribution in [1.82, 2.24) is 9.80 Å². The molecule has 2 fully saturated rings. The minimum absolute atomic E-state index is 0.00166. The summed E-state index contributed by atoms with van der Waals surface area (Å²) in [6, 6.07) is 6.44. The minimum atomic E-state index is -0.136. The molecule has 1 aromatic rings. The third-order valence-electron chi connectivity index (χ3n) is 6.23. The number of benzene rings is 1. The molecule has 0 amide bonds. The second-order valence-electron chi connectivity index (χ2n) is 8.83. The first-order valence-electron chi connectivity index (χ1n) is 11.4. The Balaban J connectivity index is 1.49. The highest BCUT2D eigenvalue weighted by atomic mass is 16.5. The second-order valence-corrected chi connectivity index (χ2v) is 8.83. The van der Waals surface area contributed by atoms with Crippen molar-refractivity contribution in [2.24, 2.45) is 0 Å². The molecule has 0 bridgehead atoms. The molecule has 2 aliphatic rings. The van der Waals surface area contributed by atoms with Gasteiger partial charge in [-0.1, -0.05) is 18.9 Å². The van der Waals surface area contributed by atoms with Crippen LogP contribution >= 0.6 is 0 Å². The molecule has 1 aromatic carbocycles. The molecule has 1 heterocycles. The van der Waals surface area contributed by atoms with Crippen molar-refractivity contribution in [3.8, 4) is 11.5 Å². The van der Waals surface area contributed by atoms with Crippen molar-refractivity contribution in [2.45, 2.75) is 56.8 Å². The number of rotatable bonds is 10. The van der Waals surface area contributed by atoms with Gasteiger partial charge in [0.05, 0.1) is 33.5 Å². The Bertz CT molecular complexity index is 711. The van der Waals surface area contributed by atoms with E-state index < -0.39 is 0 Å². The Kier molecular flexibility index (Phi) is 8.99. The van der Waals surface area contributed by atoms with Crippen LogP contribution in [-0.4, -0.2) is 88.6 Å². The van der Waals surface area contributed by atoms with Crippen molar-refractivity contribution in [1.29, 1.82) is 0 Å². The summed E-state index contributed by atoms with van der Waals surface area (Å²) >= 11 is 0. The number of methoxy groups -OCH3 is 2. The lowest BCUT2D eigenvalue weighted by Crippen LogP contribution is -2.46. The van der Waals surface area contributed by atoms with Crippen LogP contribution in [0.3, 0.4) is 0 Å². The van der Waals surface area contributed by atoms with Gasteiger partial charge in [0.15, 0.2) is 11.5 Å². The van der Waals surface area contributed by atoms with Crippen molar-refractivity contribution < 1.29 is 23.7 Å². The summed E-state index contributed by atoms with van der Waals surface area (Å²) in [5.74, 6) is 1.36. The normalized spacial score (nSPS) is 24.4. The SMILES string of the molecule is COc1ccc(CCO[C@H]2CCCC[C@H]2N2CCC(OC(=O)CN(C)C)C2)cc1OC. The molecule has 0 spiro atoms. The van der Waals surface area contributed by atoms with Crippen molar-refractivity contribution in [3.05, 3.63) is 23.8 Å². The molecular formula is C24H38N2O5. The summed E-state index contributed by atoms with van der Waals surface area (Å²) in [5.41, 5.74) is 1.18. The summed E-state index contributed by atoms with van der Waals surface area (Å²) in [6.07, 6.45) is 6.70. The Morgan fingerprint density at radius 2 is 1.87 bits per heavy atom. The number of likely N-dealkylation sites (N-methyl/N-ethyl adjacent to an activating group) is 1. The molecule has 1 saturated heterocycles. The van der Waals surface area contributed by atoms with Crippen LogP contribution in [0.5, 0.6) is 11.5 Å². The van der Waals surface area contributed by atoms with E-state index in [1.165, 1.54) is 18.4 Å². The Labute approximate surface area is 186 Å². The highest BCUT2D eigenvalue weighted by Gasteiger charge is 2.36. The number of nitrogens with zero attached hydrogens (tertiary/aromatic N) is 2. The minimum Gasteiger partial charge on any atom is -0.493 e. The van der Waals surface area contributed by atoms with E-state index in [9.17, 15) is 4.79 Å². The maximum atomic E-state index is 12.0. The highest BCUT2D eigenvalue weighted by molar-refractivity contribution is 5.71. The molecule has 174 valence electrons. The third-order valence-corrected chi connectivity index (χ3v) is 6.23. The lowest BCUT2D eigenvalue weighted by Gasteiger charge is -2.37. The first-order valence-corrected chi connectivity index (χ1v) is 11.4. The number of ether oxygens (including phenoxy) is 4. The van der Waals surface area contributed by atoms with Gasteiger partial charge in [0.25, 0.3) is 0 Å². The quantitative estimate of drug-likeness (QED) is 0.525. The number of likely N-dealkylation sites (tertiary alicyclic amines) is 1. The summed E-state index contributed by atoms with van der Waals surface area (Å²) in [4.78, 5) is 16.3. The van der Waals surface area contributed by atoms with Crippen LogP contribution in [-0.2, 0) is 20.7 Å². The average molecular weight is 435 g/mol. The molecule has 3 atom stereocenters. The van der Waals surface area contributed by atoms with Crippen LogP contribution in [0.15, 0.2) is 18.2 Å². The fourth-order valence-electron chi connectivity index (χ4n) is 4.69. The highest BCUT2D eigenvalue weighted by Crippen LogP contribution is 2.30. The number of hydrogen-bond donors (Lipinski definition) is 0. The summed E-state index contributed by atoms with van der Waals surface area (Å²) in [5, 5.41) is 0. The van der Waals surface area contributed by atoms with Crippen LogP contribution in [0.1, 0.15) is 37.7 Å². The van der Waals surface area contributed by atoms with E-state index in [-0.39, 0.29) is 18.2 Å².